The maximum absolute atomic E-state index is 12.4. The van der Waals surface area contributed by atoms with Gasteiger partial charge in [0.2, 0.25) is 10.0 Å². The van der Waals surface area contributed by atoms with E-state index in [1.807, 2.05) is 12.1 Å². The van der Waals surface area contributed by atoms with Gasteiger partial charge in [0, 0.05) is 22.3 Å². The second-order valence-electron chi connectivity index (χ2n) is 4.82. The third kappa shape index (κ3) is 3.69. The van der Waals surface area contributed by atoms with E-state index in [9.17, 15) is 8.42 Å². The van der Waals surface area contributed by atoms with Gasteiger partial charge in [-0.1, -0.05) is 67.2 Å². The molecule has 2 rings (SSSR count). The topological polar surface area (TPSA) is 46.2 Å². The SMILES string of the molecule is CCCCCNS(=O)(=O)c1cc(Cl)c2ccccc2c1Cl. The Morgan fingerprint density at radius 1 is 1.10 bits per heavy atom. The number of fused-ring (bicyclic) bond motifs is 1. The molecule has 0 spiro atoms. The fourth-order valence-electron chi connectivity index (χ4n) is 2.13. The van der Waals surface area contributed by atoms with Crippen LogP contribution in [0.1, 0.15) is 26.2 Å². The summed E-state index contributed by atoms with van der Waals surface area (Å²) < 4.78 is 27.3. The lowest BCUT2D eigenvalue weighted by atomic mass is 10.1. The predicted octanol–water partition coefficient (Wildman–Crippen LogP) is 4.62. The first-order chi connectivity index (χ1) is 9.97. The van der Waals surface area contributed by atoms with Gasteiger partial charge in [0.05, 0.1) is 5.02 Å². The molecule has 3 nitrogen and oxygen atoms in total. The molecule has 6 heteroatoms. The largest absolute Gasteiger partial charge is 0.242 e. The molecule has 2 aromatic carbocycles. The Morgan fingerprint density at radius 3 is 2.43 bits per heavy atom. The molecule has 0 radical (unpaired) electrons. The van der Waals surface area contributed by atoms with E-state index in [4.69, 9.17) is 23.2 Å². The van der Waals surface area contributed by atoms with E-state index in [2.05, 4.69) is 11.6 Å². The zero-order valence-electron chi connectivity index (χ0n) is 11.7. The summed E-state index contributed by atoms with van der Waals surface area (Å²) >= 11 is 12.4. The summed E-state index contributed by atoms with van der Waals surface area (Å²) in [5.41, 5.74) is 0. The average Bonchev–Trinajstić information content (AvgIpc) is 2.47. The normalized spacial score (nSPS) is 12.0. The van der Waals surface area contributed by atoms with Crippen LogP contribution in [0.15, 0.2) is 35.2 Å². The third-order valence-electron chi connectivity index (χ3n) is 3.26. The second-order valence-corrected chi connectivity index (χ2v) is 7.34. The minimum Gasteiger partial charge on any atom is -0.211 e. The van der Waals surface area contributed by atoms with E-state index < -0.39 is 10.0 Å². The fourth-order valence-corrected chi connectivity index (χ4v) is 4.18. The molecule has 0 aliphatic heterocycles. The van der Waals surface area contributed by atoms with Crippen molar-refractivity contribution in [2.75, 3.05) is 6.54 Å². The van der Waals surface area contributed by atoms with Crippen molar-refractivity contribution in [3.05, 3.63) is 40.4 Å². The van der Waals surface area contributed by atoms with Gasteiger partial charge < -0.3 is 0 Å². The number of halogens is 2. The van der Waals surface area contributed by atoms with Crippen molar-refractivity contribution in [2.24, 2.45) is 0 Å². The molecule has 0 amide bonds. The third-order valence-corrected chi connectivity index (χ3v) is 5.57. The van der Waals surface area contributed by atoms with Gasteiger partial charge in [-0.25, -0.2) is 13.1 Å². The van der Waals surface area contributed by atoms with Crippen molar-refractivity contribution in [1.29, 1.82) is 0 Å². The molecule has 0 aliphatic carbocycles. The highest BCUT2D eigenvalue weighted by molar-refractivity contribution is 7.89. The maximum atomic E-state index is 12.4. The first-order valence-electron chi connectivity index (χ1n) is 6.83. The molecular weight excluding hydrogens is 329 g/mol. The highest BCUT2D eigenvalue weighted by Gasteiger charge is 2.20. The van der Waals surface area contributed by atoms with Crippen molar-refractivity contribution < 1.29 is 8.42 Å². The van der Waals surface area contributed by atoms with Crippen LogP contribution in [0.4, 0.5) is 0 Å². The zero-order valence-corrected chi connectivity index (χ0v) is 14.0. The van der Waals surface area contributed by atoms with E-state index in [1.54, 1.807) is 12.1 Å². The first-order valence-corrected chi connectivity index (χ1v) is 9.07. The Morgan fingerprint density at radius 2 is 1.76 bits per heavy atom. The summed E-state index contributed by atoms with van der Waals surface area (Å²) in [6.07, 6.45) is 2.81. The van der Waals surface area contributed by atoms with Gasteiger partial charge in [-0.2, -0.15) is 0 Å². The number of rotatable bonds is 6. The molecule has 0 aromatic heterocycles. The molecule has 114 valence electrons. The van der Waals surface area contributed by atoms with Gasteiger partial charge in [-0.15, -0.1) is 0 Å². The smallest absolute Gasteiger partial charge is 0.211 e. The molecule has 0 heterocycles. The molecule has 0 unspecified atom stereocenters. The summed E-state index contributed by atoms with van der Waals surface area (Å²) in [5, 5.41) is 1.97. The van der Waals surface area contributed by atoms with Crippen LogP contribution in [0.3, 0.4) is 0 Å². The van der Waals surface area contributed by atoms with Crippen molar-refractivity contribution in [3.8, 4) is 0 Å². The molecule has 0 aliphatic rings. The van der Waals surface area contributed by atoms with Gasteiger partial charge in [0.1, 0.15) is 4.90 Å². The minimum atomic E-state index is -3.65. The molecule has 0 bridgehead atoms. The summed E-state index contributed by atoms with van der Waals surface area (Å²) in [5.74, 6) is 0. The molecule has 2 aromatic rings. The van der Waals surface area contributed by atoms with E-state index in [-0.39, 0.29) is 9.92 Å². The molecule has 21 heavy (non-hydrogen) atoms. The quantitative estimate of drug-likeness (QED) is 0.776. The summed E-state index contributed by atoms with van der Waals surface area (Å²) in [7, 11) is -3.65. The monoisotopic (exact) mass is 345 g/mol. The van der Waals surface area contributed by atoms with E-state index in [1.165, 1.54) is 6.07 Å². The number of sulfonamides is 1. The van der Waals surface area contributed by atoms with Crippen molar-refractivity contribution in [3.63, 3.8) is 0 Å². The van der Waals surface area contributed by atoms with Gasteiger partial charge in [0.25, 0.3) is 0 Å². The Labute approximate surface area is 135 Å². The summed E-state index contributed by atoms with van der Waals surface area (Å²) in [6, 6.07) is 8.62. The first kappa shape index (κ1) is 16.6. The number of unbranched alkanes of at least 4 members (excludes halogenated alkanes) is 2. The molecular formula is C15H17Cl2NO2S. The maximum Gasteiger partial charge on any atom is 0.242 e. The van der Waals surface area contributed by atoms with E-state index >= 15 is 0 Å². The lowest BCUT2D eigenvalue weighted by Gasteiger charge is -2.11. The van der Waals surface area contributed by atoms with Crippen LogP contribution in [-0.4, -0.2) is 15.0 Å². The Hall–Kier alpha value is -0.810. The minimum absolute atomic E-state index is 0.0318. The number of hydrogen-bond acceptors (Lipinski definition) is 2. The highest BCUT2D eigenvalue weighted by atomic mass is 35.5. The van der Waals surface area contributed by atoms with Crippen LogP contribution < -0.4 is 4.72 Å². The van der Waals surface area contributed by atoms with Gasteiger partial charge >= 0.3 is 0 Å². The van der Waals surface area contributed by atoms with Crippen LogP contribution >= 0.6 is 23.2 Å². The van der Waals surface area contributed by atoms with Crippen LogP contribution in [0.25, 0.3) is 10.8 Å². The lowest BCUT2D eigenvalue weighted by molar-refractivity contribution is 0.576. The fraction of sp³-hybridized carbons (Fsp3) is 0.333. The lowest BCUT2D eigenvalue weighted by Crippen LogP contribution is -2.25. The van der Waals surface area contributed by atoms with Crippen molar-refractivity contribution in [1.82, 2.24) is 4.72 Å². The Balaban J connectivity index is 2.39. The number of benzene rings is 2. The van der Waals surface area contributed by atoms with Gasteiger partial charge in [0.15, 0.2) is 0 Å². The molecule has 0 atom stereocenters. The van der Waals surface area contributed by atoms with Crippen LogP contribution in [0.2, 0.25) is 10.0 Å². The number of hydrogen-bond donors (Lipinski definition) is 1. The van der Waals surface area contributed by atoms with E-state index in [0.717, 1.165) is 24.6 Å². The van der Waals surface area contributed by atoms with Crippen molar-refractivity contribution >= 4 is 44.0 Å². The molecule has 1 N–H and O–H groups in total. The van der Waals surface area contributed by atoms with Gasteiger partial charge in [-0.3, -0.25) is 0 Å². The standard InChI is InChI=1S/C15H17Cl2NO2S/c1-2-3-6-9-18-21(19,20)14-10-13(16)11-7-4-5-8-12(11)15(14)17/h4-5,7-8,10,18H,2-3,6,9H2,1H3. The van der Waals surface area contributed by atoms with E-state index in [0.29, 0.717) is 17.0 Å². The Kier molecular flexibility index (Phi) is 5.49. The zero-order chi connectivity index (χ0) is 15.5. The van der Waals surface area contributed by atoms with Crippen LogP contribution in [0.5, 0.6) is 0 Å². The molecule has 0 saturated heterocycles. The van der Waals surface area contributed by atoms with Gasteiger partial charge in [-0.05, 0) is 12.5 Å². The predicted molar refractivity (Wildman–Crippen MR) is 88.7 cm³/mol. The average molecular weight is 346 g/mol. The van der Waals surface area contributed by atoms with Crippen LogP contribution in [0, 0.1) is 0 Å². The molecule has 0 saturated carbocycles. The highest BCUT2D eigenvalue weighted by Crippen LogP contribution is 2.35. The second kappa shape index (κ2) is 6.97. The van der Waals surface area contributed by atoms with Crippen LogP contribution in [-0.2, 0) is 10.0 Å². The summed E-state index contributed by atoms with van der Waals surface area (Å²) in [6.45, 7) is 2.46. The summed E-state index contributed by atoms with van der Waals surface area (Å²) in [4.78, 5) is 0.0318. The molecule has 0 fully saturated rings. The number of nitrogens with one attached hydrogen (secondary N) is 1. The van der Waals surface area contributed by atoms with Crippen molar-refractivity contribution in [2.45, 2.75) is 31.1 Å². The Bertz CT molecular complexity index is 745.